The lowest BCUT2D eigenvalue weighted by Gasteiger charge is -2.16. The Labute approximate surface area is 112 Å². The van der Waals surface area contributed by atoms with E-state index in [0.29, 0.717) is 0 Å². The second-order valence-electron chi connectivity index (χ2n) is 3.74. The van der Waals surface area contributed by atoms with E-state index in [-0.39, 0.29) is 5.56 Å². The molecule has 0 aliphatic carbocycles. The van der Waals surface area contributed by atoms with Crippen LogP contribution in [0.5, 0.6) is 0 Å². The van der Waals surface area contributed by atoms with E-state index in [1.165, 1.54) is 29.0 Å². The highest BCUT2D eigenvalue weighted by Crippen LogP contribution is 2.15. The van der Waals surface area contributed by atoms with Crippen molar-refractivity contribution in [3.05, 3.63) is 35.9 Å². The van der Waals surface area contributed by atoms with Crippen molar-refractivity contribution in [3.8, 4) is 0 Å². The summed E-state index contributed by atoms with van der Waals surface area (Å²) in [4.78, 5) is 11.0. The number of hydrogen-bond acceptors (Lipinski definition) is 3. The first-order valence-corrected chi connectivity index (χ1v) is 6.70. The van der Waals surface area contributed by atoms with E-state index in [4.69, 9.17) is 5.11 Å². The fraction of sp³-hybridized carbons (Fsp3) is 0.300. The number of halogens is 3. The maximum atomic E-state index is 11.9. The Bertz CT molecular complexity index is 560. The number of hydrogen-bond donors (Lipinski definition) is 3. The van der Waals surface area contributed by atoms with Gasteiger partial charge in [0, 0.05) is 0 Å². The van der Waals surface area contributed by atoms with Crippen molar-refractivity contribution in [3.63, 3.8) is 0 Å². The molecule has 0 aliphatic heterocycles. The molecule has 0 heterocycles. The first-order valence-electron chi connectivity index (χ1n) is 5.22. The molecule has 1 rings (SSSR count). The second kappa shape index (κ2) is 6.20. The van der Waals surface area contributed by atoms with E-state index in [1.54, 1.807) is 10.8 Å². The zero-order valence-corrected chi connectivity index (χ0v) is 10.7. The van der Waals surface area contributed by atoms with Crippen molar-refractivity contribution >= 4 is 16.2 Å². The molecule has 1 unspecified atom stereocenters. The van der Waals surface area contributed by atoms with Gasteiger partial charge in [-0.05, 0) is 5.56 Å². The normalized spacial score (nSPS) is 13.9. The van der Waals surface area contributed by atoms with Gasteiger partial charge in [-0.1, -0.05) is 30.3 Å². The Hall–Kier alpha value is -1.65. The van der Waals surface area contributed by atoms with Gasteiger partial charge in [0.25, 0.3) is 10.2 Å². The number of aliphatic carboxylic acids is 1. The van der Waals surface area contributed by atoms with Crippen LogP contribution in [-0.2, 0) is 15.0 Å². The molecule has 0 spiro atoms. The van der Waals surface area contributed by atoms with E-state index in [9.17, 15) is 26.4 Å². The molecule has 0 aliphatic rings. The summed E-state index contributed by atoms with van der Waals surface area (Å²) in [6.07, 6.45) is -4.74. The molecular formula is C10H11F3N2O4S. The van der Waals surface area contributed by atoms with Gasteiger partial charge in [0.15, 0.2) is 0 Å². The predicted molar refractivity (Wildman–Crippen MR) is 62.9 cm³/mol. The number of benzene rings is 1. The van der Waals surface area contributed by atoms with Gasteiger partial charge in [-0.25, -0.2) is 0 Å². The number of alkyl halides is 3. The van der Waals surface area contributed by atoms with Crippen LogP contribution in [0.3, 0.4) is 0 Å². The third-order valence-electron chi connectivity index (χ3n) is 2.12. The Morgan fingerprint density at radius 3 is 2.25 bits per heavy atom. The highest BCUT2D eigenvalue weighted by molar-refractivity contribution is 7.87. The van der Waals surface area contributed by atoms with Gasteiger partial charge in [-0.2, -0.15) is 31.0 Å². The third-order valence-corrected chi connectivity index (χ3v) is 3.19. The van der Waals surface area contributed by atoms with E-state index in [2.05, 4.69) is 0 Å². The number of carboxylic acids is 1. The van der Waals surface area contributed by atoms with Crippen LogP contribution in [0.4, 0.5) is 13.2 Å². The Morgan fingerprint density at radius 2 is 1.80 bits per heavy atom. The van der Waals surface area contributed by atoms with Crippen LogP contribution in [0.25, 0.3) is 0 Å². The average Bonchev–Trinajstić information content (AvgIpc) is 2.34. The molecule has 0 saturated carbocycles. The molecule has 6 nitrogen and oxygen atoms in total. The SMILES string of the molecule is O=C(O)C(NS(=O)(=O)NCC(F)(F)F)c1ccccc1. The van der Waals surface area contributed by atoms with Crippen molar-refractivity contribution in [2.75, 3.05) is 6.54 Å². The maximum absolute atomic E-state index is 11.9. The fourth-order valence-electron chi connectivity index (χ4n) is 1.28. The minimum absolute atomic E-state index is 0.0948. The molecule has 0 bridgehead atoms. The minimum Gasteiger partial charge on any atom is -0.480 e. The molecule has 0 radical (unpaired) electrons. The second-order valence-corrected chi connectivity index (χ2v) is 5.27. The fourth-order valence-corrected chi connectivity index (χ4v) is 2.26. The summed E-state index contributed by atoms with van der Waals surface area (Å²) in [7, 11) is -4.61. The first kappa shape index (κ1) is 16.4. The number of nitrogens with one attached hydrogen (secondary N) is 2. The molecule has 0 saturated heterocycles. The van der Waals surface area contributed by atoms with Gasteiger partial charge in [-0.3, -0.25) is 4.79 Å². The largest absolute Gasteiger partial charge is 0.480 e. The molecule has 0 aromatic heterocycles. The van der Waals surface area contributed by atoms with Crippen molar-refractivity contribution in [2.45, 2.75) is 12.2 Å². The Kier molecular flexibility index (Phi) is 5.09. The van der Waals surface area contributed by atoms with Gasteiger partial charge in [0.05, 0.1) is 0 Å². The zero-order valence-electron chi connectivity index (χ0n) is 9.89. The first-order chi connectivity index (χ1) is 9.11. The predicted octanol–water partition coefficient (Wildman–Crippen LogP) is 0.799. The molecule has 112 valence electrons. The Balaban J connectivity index is 2.84. The van der Waals surface area contributed by atoms with Gasteiger partial charge in [-0.15, -0.1) is 0 Å². The topological polar surface area (TPSA) is 95.5 Å². The molecule has 0 fully saturated rings. The highest BCUT2D eigenvalue weighted by Gasteiger charge is 2.31. The van der Waals surface area contributed by atoms with Crippen molar-refractivity contribution in [1.82, 2.24) is 9.44 Å². The highest BCUT2D eigenvalue weighted by atomic mass is 32.2. The van der Waals surface area contributed by atoms with E-state index in [0.717, 1.165) is 0 Å². The summed E-state index contributed by atoms with van der Waals surface area (Å²) in [5, 5.41) is 8.94. The number of carbonyl (C=O) groups is 1. The zero-order chi connectivity index (χ0) is 15.4. The molecule has 1 aromatic rings. The molecular weight excluding hydrogens is 301 g/mol. The minimum atomic E-state index is -4.74. The summed E-state index contributed by atoms with van der Waals surface area (Å²) >= 11 is 0. The molecule has 0 amide bonds. The molecule has 1 aromatic carbocycles. The summed E-state index contributed by atoms with van der Waals surface area (Å²) in [6, 6.07) is 5.53. The van der Waals surface area contributed by atoms with Crippen LogP contribution in [-0.4, -0.2) is 32.2 Å². The maximum Gasteiger partial charge on any atom is 0.402 e. The quantitative estimate of drug-likeness (QED) is 0.724. The standard InChI is InChI=1S/C10H11F3N2O4S/c11-10(12,13)6-14-20(18,19)15-8(9(16)17)7-4-2-1-3-5-7/h1-5,8,14-15H,6H2,(H,16,17). The van der Waals surface area contributed by atoms with Crippen molar-refractivity contribution < 1.29 is 31.5 Å². The lowest BCUT2D eigenvalue weighted by atomic mass is 10.1. The van der Waals surface area contributed by atoms with Gasteiger partial charge in [0.2, 0.25) is 0 Å². The van der Waals surface area contributed by atoms with Crippen LogP contribution in [0.2, 0.25) is 0 Å². The van der Waals surface area contributed by atoms with Gasteiger partial charge >= 0.3 is 12.1 Å². The van der Waals surface area contributed by atoms with Crippen LogP contribution in [0, 0.1) is 0 Å². The smallest absolute Gasteiger partial charge is 0.402 e. The average molecular weight is 312 g/mol. The number of rotatable bonds is 6. The third kappa shape index (κ3) is 5.55. The monoisotopic (exact) mass is 312 g/mol. The van der Waals surface area contributed by atoms with E-state index < -0.39 is 34.9 Å². The van der Waals surface area contributed by atoms with E-state index in [1.807, 2.05) is 0 Å². The Morgan fingerprint density at radius 1 is 1.25 bits per heavy atom. The van der Waals surface area contributed by atoms with Crippen molar-refractivity contribution in [2.24, 2.45) is 0 Å². The van der Waals surface area contributed by atoms with Crippen LogP contribution in [0.1, 0.15) is 11.6 Å². The molecule has 3 N–H and O–H groups in total. The van der Waals surface area contributed by atoms with Crippen molar-refractivity contribution in [1.29, 1.82) is 0 Å². The molecule has 10 heteroatoms. The lowest BCUT2D eigenvalue weighted by molar-refractivity contribution is -0.139. The summed E-state index contributed by atoms with van der Waals surface area (Å²) in [5.41, 5.74) is 0.0948. The van der Waals surface area contributed by atoms with Crippen LogP contribution in [0.15, 0.2) is 30.3 Å². The summed E-state index contributed by atoms with van der Waals surface area (Å²) < 4.78 is 61.4. The van der Waals surface area contributed by atoms with Gasteiger partial charge in [0.1, 0.15) is 12.6 Å². The van der Waals surface area contributed by atoms with Gasteiger partial charge < -0.3 is 5.11 Å². The van der Waals surface area contributed by atoms with Crippen LogP contribution < -0.4 is 9.44 Å². The molecule has 20 heavy (non-hydrogen) atoms. The summed E-state index contributed by atoms with van der Waals surface area (Å²) in [6.45, 7) is -1.79. The number of carboxylic acid groups (broad SMARTS) is 1. The van der Waals surface area contributed by atoms with Crippen LogP contribution >= 0.6 is 0 Å². The van der Waals surface area contributed by atoms with E-state index >= 15 is 0 Å². The summed E-state index contributed by atoms with van der Waals surface area (Å²) in [5.74, 6) is -1.53. The lowest BCUT2D eigenvalue weighted by Crippen LogP contribution is -2.44. The molecule has 1 atom stereocenters.